The van der Waals surface area contributed by atoms with Gasteiger partial charge < -0.3 is 10.5 Å². The first-order chi connectivity index (χ1) is 8.10. The number of hydrogen-bond acceptors (Lipinski definition) is 4. The van der Waals surface area contributed by atoms with Gasteiger partial charge in [-0.1, -0.05) is 13.8 Å². The maximum absolute atomic E-state index is 11.5. The summed E-state index contributed by atoms with van der Waals surface area (Å²) >= 11 is 0. The zero-order chi connectivity index (χ0) is 13.1. The SMILES string of the molecule is CC(C)C[C@H](CN)CC(=O)OCCCCC#N.Cl. The summed E-state index contributed by atoms with van der Waals surface area (Å²) in [6.45, 7) is 5.19. The Morgan fingerprint density at radius 1 is 1.39 bits per heavy atom. The summed E-state index contributed by atoms with van der Waals surface area (Å²) < 4.78 is 5.10. The van der Waals surface area contributed by atoms with E-state index in [0.29, 0.717) is 31.9 Å². The van der Waals surface area contributed by atoms with Gasteiger partial charge in [0.1, 0.15) is 0 Å². The highest BCUT2D eigenvalue weighted by Gasteiger charge is 2.14. The highest BCUT2D eigenvalue weighted by molar-refractivity contribution is 5.85. The minimum absolute atomic E-state index is 0. The lowest BCUT2D eigenvalue weighted by molar-refractivity contribution is -0.144. The molecule has 0 saturated carbocycles. The van der Waals surface area contributed by atoms with Crippen LogP contribution >= 0.6 is 12.4 Å². The fourth-order valence-electron chi connectivity index (χ4n) is 1.72. The number of nitrogens with two attached hydrogens (primary N) is 1. The van der Waals surface area contributed by atoms with Crippen molar-refractivity contribution in [2.75, 3.05) is 13.2 Å². The third kappa shape index (κ3) is 11.7. The van der Waals surface area contributed by atoms with Crippen LogP contribution in [0.1, 0.15) is 46.0 Å². The highest BCUT2D eigenvalue weighted by atomic mass is 35.5. The lowest BCUT2D eigenvalue weighted by atomic mass is 9.94. The Morgan fingerprint density at radius 3 is 2.56 bits per heavy atom. The van der Waals surface area contributed by atoms with Crippen LogP contribution in [0.5, 0.6) is 0 Å². The second kappa shape index (κ2) is 12.7. The molecule has 4 nitrogen and oxygen atoms in total. The Morgan fingerprint density at radius 2 is 2.06 bits per heavy atom. The summed E-state index contributed by atoms with van der Waals surface area (Å²) in [6, 6.07) is 2.06. The molecule has 2 N–H and O–H groups in total. The first-order valence-corrected chi connectivity index (χ1v) is 6.32. The van der Waals surface area contributed by atoms with Gasteiger partial charge in [0.2, 0.25) is 0 Å². The number of nitriles is 1. The molecule has 0 aliphatic heterocycles. The molecule has 0 rings (SSSR count). The van der Waals surface area contributed by atoms with Gasteiger partial charge in [-0.05, 0) is 37.6 Å². The van der Waals surface area contributed by atoms with Gasteiger partial charge >= 0.3 is 5.97 Å². The van der Waals surface area contributed by atoms with Crippen LogP contribution in [0.4, 0.5) is 0 Å². The number of ether oxygens (including phenoxy) is 1. The molecule has 0 bridgehead atoms. The average Bonchev–Trinajstić information content (AvgIpc) is 2.27. The van der Waals surface area contributed by atoms with E-state index in [0.717, 1.165) is 19.3 Å². The number of rotatable bonds is 9. The van der Waals surface area contributed by atoms with Crippen molar-refractivity contribution >= 4 is 18.4 Å². The smallest absolute Gasteiger partial charge is 0.306 e. The molecule has 1 atom stereocenters. The van der Waals surface area contributed by atoms with E-state index < -0.39 is 0 Å². The second-order valence-electron chi connectivity index (χ2n) is 4.77. The van der Waals surface area contributed by atoms with Crippen LogP contribution in [0.3, 0.4) is 0 Å². The Balaban J connectivity index is 0. The van der Waals surface area contributed by atoms with E-state index >= 15 is 0 Å². The van der Waals surface area contributed by atoms with Crippen LogP contribution in [0.15, 0.2) is 0 Å². The van der Waals surface area contributed by atoms with Crippen molar-refractivity contribution in [3.8, 4) is 6.07 Å². The Hall–Kier alpha value is -0.790. The van der Waals surface area contributed by atoms with Gasteiger partial charge in [0.15, 0.2) is 0 Å². The molecule has 0 aromatic rings. The van der Waals surface area contributed by atoms with Crippen molar-refractivity contribution in [2.45, 2.75) is 46.0 Å². The molecular weight excluding hydrogens is 252 g/mol. The van der Waals surface area contributed by atoms with Gasteiger partial charge in [0.25, 0.3) is 0 Å². The number of hydrogen-bond donors (Lipinski definition) is 1. The van der Waals surface area contributed by atoms with Crippen molar-refractivity contribution in [1.82, 2.24) is 0 Å². The van der Waals surface area contributed by atoms with E-state index in [9.17, 15) is 4.79 Å². The first-order valence-electron chi connectivity index (χ1n) is 6.32. The molecule has 0 amide bonds. The third-order valence-corrected chi connectivity index (χ3v) is 2.54. The fraction of sp³-hybridized carbons (Fsp3) is 0.846. The summed E-state index contributed by atoms with van der Waals surface area (Å²) in [6.07, 6.45) is 3.44. The standard InChI is InChI=1S/C13H24N2O2.ClH/c1-11(2)8-12(10-15)9-13(16)17-7-5-3-4-6-14;/h11-12H,3-5,7-10,15H2,1-2H3;1H/t12-;/m0./s1. The van der Waals surface area contributed by atoms with Crippen molar-refractivity contribution < 1.29 is 9.53 Å². The monoisotopic (exact) mass is 276 g/mol. The van der Waals surface area contributed by atoms with Gasteiger partial charge in [-0.15, -0.1) is 12.4 Å². The number of nitrogens with zero attached hydrogens (tertiary/aromatic N) is 1. The molecule has 18 heavy (non-hydrogen) atoms. The zero-order valence-electron chi connectivity index (χ0n) is 11.4. The lowest BCUT2D eigenvalue weighted by Crippen LogP contribution is -2.21. The summed E-state index contributed by atoms with van der Waals surface area (Å²) in [7, 11) is 0. The summed E-state index contributed by atoms with van der Waals surface area (Å²) in [5.74, 6) is 0.603. The normalized spacial score (nSPS) is 11.5. The predicted octanol–water partition coefficient (Wildman–Crippen LogP) is 2.66. The molecule has 0 aromatic carbocycles. The average molecular weight is 277 g/mol. The minimum Gasteiger partial charge on any atom is -0.466 e. The molecule has 0 radical (unpaired) electrons. The van der Waals surface area contributed by atoms with E-state index in [4.69, 9.17) is 15.7 Å². The van der Waals surface area contributed by atoms with Gasteiger partial charge in [0.05, 0.1) is 12.7 Å². The number of carbonyl (C=O) groups is 1. The topological polar surface area (TPSA) is 76.1 Å². The van der Waals surface area contributed by atoms with E-state index in [-0.39, 0.29) is 24.3 Å². The number of unbranched alkanes of at least 4 members (excludes halogenated alkanes) is 2. The third-order valence-electron chi connectivity index (χ3n) is 2.54. The Labute approximate surface area is 116 Å². The lowest BCUT2D eigenvalue weighted by Gasteiger charge is -2.16. The Bertz CT molecular complexity index is 252. The van der Waals surface area contributed by atoms with Gasteiger partial charge in [-0.2, -0.15) is 5.26 Å². The maximum atomic E-state index is 11.5. The molecule has 0 fully saturated rings. The van der Waals surface area contributed by atoms with Crippen molar-refractivity contribution in [3.63, 3.8) is 0 Å². The quantitative estimate of drug-likeness (QED) is 0.519. The van der Waals surface area contributed by atoms with Gasteiger partial charge in [-0.25, -0.2) is 0 Å². The summed E-state index contributed by atoms with van der Waals surface area (Å²) in [5.41, 5.74) is 5.62. The summed E-state index contributed by atoms with van der Waals surface area (Å²) in [4.78, 5) is 11.5. The van der Waals surface area contributed by atoms with Crippen LogP contribution < -0.4 is 5.73 Å². The molecule has 0 saturated heterocycles. The molecule has 0 aromatic heterocycles. The number of esters is 1. The van der Waals surface area contributed by atoms with Crippen LogP contribution in [-0.4, -0.2) is 19.1 Å². The maximum Gasteiger partial charge on any atom is 0.306 e. The number of halogens is 1. The van der Waals surface area contributed by atoms with E-state index in [1.807, 2.05) is 0 Å². The number of carbonyl (C=O) groups excluding carboxylic acids is 1. The zero-order valence-corrected chi connectivity index (χ0v) is 12.2. The molecule has 0 spiro atoms. The van der Waals surface area contributed by atoms with Crippen molar-refractivity contribution in [2.24, 2.45) is 17.6 Å². The van der Waals surface area contributed by atoms with Gasteiger partial charge in [-0.3, -0.25) is 4.79 Å². The fourth-order valence-corrected chi connectivity index (χ4v) is 1.72. The molecule has 0 aliphatic rings. The largest absolute Gasteiger partial charge is 0.466 e. The van der Waals surface area contributed by atoms with Crippen molar-refractivity contribution in [1.29, 1.82) is 5.26 Å². The van der Waals surface area contributed by atoms with Gasteiger partial charge in [0, 0.05) is 12.8 Å². The van der Waals surface area contributed by atoms with Crippen LogP contribution in [0.25, 0.3) is 0 Å². The molecular formula is C13H25ClN2O2. The Kier molecular flexibility index (Phi) is 13.7. The first kappa shape index (κ1) is 19.5. The van der Waals surface area contributed by atoms with Crippen molar-refractivity contribution in [3.05, 3.63) is 0 Å². The summed E-state index contributed by atoms with van der Waals surface area (Å²) in [5, 5.41) is 8.34. The second-order valence-corrected chi connectivity index (χ2v) is 4.77. The van der Waals surface area contributed by atoms with E-state index in [1.165, 1.54) is 0 Å². The van der Waals surface area contributed by atoms with Crippen LogP contribution in [-0.2, 0) is 9.53 Å². The molecule has 0 aliphatic carbocycles. The molecule has 0 unspecified atom stereocenters. The van der Waals surface area contributed by atoms with Crippen LogP contribution in [0, 0.1) is 23.2 Å². The van der Waals surface area contributed by atoms with E-state index in [1.54, 1.807) is 0 Å². The molecule has 5 heteroatoms. The van der Waals surface area contributed by atoms with E-state index in [2.05, 4.69) is 19.9 Å². The molecule has 0 heterocycles. The predicted molar refractivity (Wildman–Crippen MR) is 74.3 cm³/mol. The molecule has 106 valence electrons. The van der Waals surface area contributed by atoms with Crippen LogP contribution in [0.2, 0.25) is 0 Å². The highest BCUT2D eigenvalue weighted by Crippen LogP contribution is 2.14. The minimum atomic E-state index is -0.168.